The Morgan fingerprint density at radius 3 is 2.81 bits per heavy atom. The molecule has 0 saturated carbocycles. The lowest BCUT2D eigenvalue weighted by molar-refractivity contribution is 0.0641. The standard InChI is InChI=1S/C19H20N4O2S/c1-14-13-22(9-10-23(14)18(24)16-8-5-11-25-16)19-20-17(21-26-19)12-15-6-3-2-4-7-15/h2-8,11,14H,9-10,12-13H2,1H3/t14-/m1/s1. The molecule has 1 amide bonds. The number of rotatable bonds is 4. The van der Waals surface area contributed by atoms with E-state index in [1.165, 1.54) is 23.4 Å². The van der Waals surface area contributed by atoms with Crippen molar-refractivity contribution in [1.29, 1.82) is 0 Å². The first-order valence-corrected chi connectivity index (χ1v) is 9.44. The third kappa shape index (κ3) is 3.48. The zero-order chi connectivity index (χ0) is 17.9. The third-order valence-electron chi connectivity index (χ3n) is 4.55. The van der Waals surface area contributed by atoms with Crippen molar-refractivity contribution in [1.82, 2.24) is 14.3 Å². The number of nitrogens with zero attached hydrogens (tertiary/aromatic N) is 4. The summed E-state index contributed by atoms with van der Waals surface area (Å²) >= 11 is 1.43. The minimum absolute atomic E-state index is 0.0517. The third-order valence-corrected chi connectivity index (χ3v) is 5.37. The Labute approximate surface area is 156 Å². The lowest BCUT2D eigenvalue weighted by Crippen LogP contribution is -2.54. The van der Waals surface area contributed by atoms with Gasteiger partial charge in [0.25, 0.3) is 5.91 Å². The van der Waals surface area contributed by atoms with Gasteiger partial charge in [-0.25, -0.2) is 4.98 Å². The van der Waals surface area contributed by atoms with Crippen molar-refractivity contribution in [3.63, 3.8) is 0 Å². The van der Waals surface area contributed by atoms with Crippen LogP contribution in [0.25, 0.3) is 0 Å². The van der Waals surface area contributed by atoms with Crippen LogP contribution >= 0.6 is 11.5 Å². The molecule has 1 aliphatic rings. The minimum atomic E-state index is -0.0517. The molecular formula is C19H20N4O2S. The number of hydrogen-bond donors (Lipinski definition) is 0. The van der Waals surface area contributed by atoms with Gasteiger partial charge >= 0.3 is 0 Å². The zero-order valence-corrected chi connectivity index (χ0v) is 15.4. The van der Waals surface area contributed by atoms with Gasteiger partial charge in [0, 0.05) is 43.6 Å². The Bertz CT molecular complexity index is 863. The monoisotopic (exact) mass is 368 g/mol. The Balaban J connectivity index is 1.40. The first kappa shape index (κ1) is 16.8. The van der Waals surface area contributed by atoms with E-state index in [0.29, 0.717) is 12.3 Å². The van der Waals surface area contributed by atoms with Crippen LogP contribution in [0.15, 0.2) is 53.1 Å². The summed E-state index contributed by atoms with van der Waals surface area (Å²) in [5.74, 6) is 1.19. The van der Waals surface area contributed by atoms with Crippen LogP contribution < -0.4 is 4.90 Å². The van der Waals surface area contributed by atoms with Gasteiger partial charge in [-0.3, -0.25) is 4.79 Å². The van der Waals surface area contributed by atoms with Crippen molar-refractivity contribution in [2.24, 2.45) is 0 Å². The number of hydrogen-bond acceptors (Lipinski definition) is 6. The molecule has 7 heteroatoms. The summed E-state index contributed by atoms with van der Waals surface area (Å²) < 4.78 is 9.74. The molecule has 6 nitrogen and oxygen atoms in total. The van der Waals surface area contributed by atoms with Crippen LogP contribution in [0.2, 0.25) is 0 Å². The highest BCUT2D eigenvalue weighted by Gasteiger charge is 2.30. The van der Waals surface area contributed by atoms with Crippen molar-refractivity contribution >= 4 is 22.6 Å². The van der Waals surface area contributed by atoms with E-state index in [9.17, 15) is 4.79 Å². The van der Waals surface area contributed by atoms with Gasteiger partial charge < -0.3 is 14.2 Å². The molecule has 0 radical (unpaired) electrons. The quantitative estimate of drug-likeness (QED) is 0.708. The number of aromatic nitrogens is 2. The van der Waals surface area contributed by atoms with Crippen LogP contribution in [0, 0.1) is 0 Å². The van der Waals surface area contributed by atoms with Crippen molar-refractivity contribution < 1.29 is 9.21 Å². The molecule has 1 atom stereocenters. The van der Waals surface area contributed by atoms with Gasteiger partial charge in [0.15, 0.2) is 5.76 Å². The van der Waals surface area contributed by atoms with E-state index in [1.54, 1.807) is 12.1 Å². The summed E-state index contributed by atoms with van der Waals surface area (Å²) in [5.41, 5.74) is 1.21. The number of carbonyl (C=O) groups excluding carboxylic acids is 1. The maximum absolute atomic E-state index is 12.5. The fraction of sp³-hybridized carbons (Fsp3) is 0.316. The maximum atomic E-state index is 12.5. The Kier molecular flexibility index (Phi) is 4.71. The first-order valence-electron chi connectivity index (χ1n) is 8.66. The molecule has 0 spiro atoms. The molecular weight excluding hydrogens is 348 g/mol. The number of furan rings is 1. The Morgan fingerprint density at radius 2 is 2.08 bits per heavy atom. The zero-order valence-electron chi connectivity index (χ0n) is 14.5. The molecule has 0 unspecified atom stereocenters. The fourth-order valence-corrected chi connectivity index (χ4v) is 3.92. The lowest BCUT2D eigenvalue weighted by Gasteiger charge is -2.39. The molecule has 134 valence electrons. The first-order chi connectivity index (χ1) is 12.7. The number of anilines is 1. The van der Waals surface area contributed by atoms with E-state index in [1.807, 2.05) is 23.1 Å². The van der Waals surface area contributed by atoms with Crippen molar-refractivity contribution in [2.75, 3.05) is 24.5 Å². The SMILES string of the molecule is C[C@@H]1CN(c2nc(Cc3ccccc3)ns2)CCN1C(=O)c1ccco1. The molecule has 1 aliphatic heterocycles. The number of piperazine rings is 1. The molecule has 3 aromatic rings. The predicted octanol–water partition coefficient (Wildman–Crippen LogP) is 3.07. The number of amides is 1. The molecule has 0 aliphatic carbocycles. The highest BCUT2D eigenvalue weighted by atomic mass is 32.1. The number of carbonyl (C=O) groups is 1. The highest BCUT2D eigenvalue weighted by Crippen LogP contribution is 2.23. The van der Waals surface area contributed by atoms with E-state index in [0.717, 1.165) is 30.5 Å². The molecule has 2 aromatic heterocycles. The van der Waals surface area contributed by atoms with Crippen LogP contribution in [0.1, 0.15) is 28.9 Å². The number of benzene rings is 1. The van der Waals surface area contributed by atoms with Gasteiger partial charge in [0.1, 0.15) is 5.82 Å². The predicted molar refractivity (Wildman–Crippen MR) is 101 cm³/mol. The maximum Gasteiger partial charge on any atom is 0.289 e. The summed E-state index contributed by atoms with van der Waals surface area (Å²) in [6.45, 7) is 4.19. The van der Waals surface area contributed by atoms with Crippen LogP contribution in [-0.4, -0.2) is 45.8 Å². The fourth-order valence-electron chi connectivity index (χ4n) is 3.20. The normalized spacial score (nSPS) is 17.5. The average Bonchev–Trinajstić information content (AvgIpc) is 3.34. The summed E-state index contributed by atoms with van der Waals surface area (Å²) in [6.07, 6.45) is 2.27. The molecule has 26 heavy (non-hydrogen) atoms. The minimum Gasteiger partial charge on any atom is -0.459 e. The summed E-state index contributed by atoms with van der Waals surface area (Å²) in [7, 11) is 0. The molecule has 4 rings (SSSR count). The van der Waals surface area contributed by atoms with E-state index < -0.39 is 0 Å². The Morgan fingerprint density at radius 1 is 1.23 bits per heavy atom. The topological polar surface area (TPSA) is 62.5 Å². The van der Waals surface area contributed by atoms with Crippen molar-refractivity contribution in [3.8, 4) is 0 Å². The molecule has 3 heterocycles. The summed E-state index contributed by atoms with van der Waals surface area (Å²) in [6, 6.07) is 13.8. The summed E-state index contributed by atoms with van der Waals surface area (Å²) in [5, 5.41) is 0.924. The van der Waals surface area contributed by atoms with Gasteiger partial charge in [-0.2, -0.15) is 4.37 Å². The van der Waals surface area contributed by atoms with Gasteiger partial charge in [-0.1, -0.05) is 30.3 Å². The van der Waals surface area contributed by atoms with Gasteiger partial charge in [-0.05, 0) is 24.6 Å². The van der Waals surface area contributed by atoms with E-state index in [4.69, 9.17) is 9.40 Å². The second-order valence-electron chi connectivity index (χ2n) is 6.43. The second kappa shape index (κ2) is 7.29. The van der Waals surface area contributed by atoms with Crippen molar-refractivity contribution in [3.05, 3.63) is 65.9 Å². The molecule has 1 saturated heterocycles. The average molecular weight is 368 g/mol. The molecule has 1 fully saturated rings. The lowest BCUT2D eigenvalue weighted by atomic mass is 10.1. The molecule has 1 aromatic carbocycles. The molecule has 0 N–H and O–H groups in total. The van der Waals surface area contributed by atoms with E-state index in [-0.39, 0.29) is 11.9 Å². The van der Waals surface area contributed by atoms with Gasteiger partial charge in [-0.15, -0.1) is 0 Å². The second-order valence-corrected chi connectivity index (χ2v) is 7.16. The van der Waals surface area contributed by atoms with Crippen LogP contribution in [0.3, 0.4) is 0 Å². The summed E-state index contributed by atoms with van der Waals surface area (Å²) in [4.78, 5) is 21.3. The van der Waals surface area contributed by atoms with Crippen LogP contribution in [-0.2, 0) is 6.42 Å². The smallest absolute Gasteiger partial charge is 0.289 e. The van der Waals surface area contributed by atoms with E-state index in [2.05, 4.69) is 28.3 Å². The van der Waals surface area contributed by atoms with E-state index >= 15 is 0 Å². The Hall–Kier alpha value is -2.67. The van der Waals surface area contributed by atoms with Crippen LogP contribution in [0.5, 0.6) is 0 Å². The van der Waals surface area contributed by atoms with Gasteiger partial charge in [0.05, 0.1) is 6.26 Å². The van der Waals surface area contributed by atoms with Gasteiger partial charge in [0.2, 0.25) is 5.13 Å². The highest BCUT2D eigenvalue weighted by molar-refractivity contribution is 7.09. The largest absolute Gasteiger partial charge is 0.459 e. The van der Waals surface area contributed by atoms with Crippen molar-refractivity contribution in [2.45, 2.75) is 19.4 Å². The molecule has 0 bridgehead atoms. The van der Waals surface area contributed by atoms with Crippen LogP contribution in [0.4, 0.5) is 5.13 Å².